The van der Waals surface area contributed by atoms with Gasteiger partial charge in [0.05, 0.1) is 0 Å². The van der Waals surface area contributed by atoms with E-state index in [2.05, 4.69) is 5.32 Å². The zero-order valence-corrected chi connectivity index (χ0v) is 14.2. The monoisotopic (exact) mass is 368 g/mol. The highest BCUT2D eigenvalue weighted by Gasteiger charge is 2.33. The Bertz CT molecular complexity index is 775. The van der Waals surface area contributed by atoms with Crippen molar-refractivity contribution in [1.29, 1.82) is 0 Å². The molecule has 0 spiro atoms. The van der Waals surface area contributed by atoms with Crippen molar-refractivity contribution in [3.05, 3.63) is 62.4 Å². The summed E-state index contributed by atoms with van der Waals surface area (Å²) in [7, 11) is 0. The molecule has 8 heteroatoms. The minimum atomic E-state index is -0.622. The van der Waals surface area contributed by atoms with Crippen LogP contribution in [0.15, 0.2) is 30.5 Å². The second kappa shape index (κ2) is 6.75. The SMILES string of the molecule is Cc1cc(Cl)cc(Cl)c1CNC(=O)OC1COc2c1ccc[n+]2[O-]. The van der Waals surface area contributed by atoms with Crippen molar-refractivity contribution in [2.24, 2.45) is 0 Å². The highest BCUT2D eigenvalue weighted by molar-refractivity contribution is 6.35. The predicted molar refractivity (Wildman–Crippen MR) is 88.2 cm³/mol. The molecule has 1 N–H and O–H groups in total. The largest absolute Gasteiger partial charge is 0.616 e. The Labute approximate surface area is 148 Å². The average Bonchev–Trinajstić information content (AvgIpc) is 2.90. The van der Waals surface area contributed by atoms with Crippen molar-refractivity contribution < 1.29 is 19.0 Å². The van der Waals surface area contributed by atoms with Crippen LogP contribution in [-0.4, -0.2) is 12.7 Å². The first-order valence-electron chi connectivity index (χ1n) is 7.19. The Morgan fingerprint density at radius 2 is 2.29 bits per heavy atom. The molecular formula is C16H14Cl2N2O4. The Kier molecular flexibility index (Phi) is 4.69. The quantitative estimate of drug-likeness (QED) is 0.666. The number of amides is 1. The predicted octanol–water partition coefficient (Wildman–Crippen LogP) is 3.30. The number of nitrogens with zero attached hydrogens (tertiary/aromatic N) is 1. The van der Waals surface area contributed by atoms with E-state index < -0.39 is 12.2 Å². The van der Waals surface area contributed by atoms with Crippen LogP contribution in [0.3, 0.4) is 0 Å². The smallest absolute Gasteiger partial charge is 0.408 e. The molecule has 0 radical (unpaired) electrons. The number of carbonyl (C=O) groups excluding carboxylic acids is 1. The molecule has 3 rings (SSSR count). The second-order valence-corrected chi connectivity index (χ2v) is 6.18. The van der Waals surface area contributed by atoms with E-state index in [0.717, 1.165) is 11.1 Å². The number of ether oxygens (including phenoxy) is 2. The van der Waals surface area contributed by atoms with Crippen LogP contribution in [0.25, 0.3) is 0 Å². The first-order chi connectivity index (χ1) is 11.5. The van der Waals surface area contributed by atoms with Crippen molar-refractivity contribution >= 4 is 29.3 Å². The summed E-state index contributed by atoms with van der Waals surface area (Å²) < 4.78 is 11.2. The molecule has 6 nitrogen and oxygen atoms in total. The topological polar surface area (TPSA) is 74.5 Å². The van der Waals surface area contributed by atoms with Gasteiger partial charge in [0.2, 0.25) is 0 Å². The summed E-state index contributed by atoms with van der Waals surface area (Å²) in [6.45, 7) is 2.17. The number of pyridine rings is 1. The van der Waals surface area contributed by atoms with Crippen LogP contribution in [-0.2, 0) is 11.3 Å². The van der Waals surface area contributed by atoms with Crippen molar-refractivity contribution in [3.63, 3.8) is 0 Å². The first-order valence-corrected chi connectivity index (χ1v) is 7.95. The Hall–Kier alpha value is -2.18. The van der Waals surface area contributed by atoms with E-state index in [1.165, 1.54) is 6.20 Å². The van der Waals surface area contributed by atoms with E-state index in [1.54, 1.807) is 24.3 Å². The fourth-order valence-electron chi connectivity index (χ4n) is 2.51. The van der Waals surface area contributed by atoms with E-state index in [4.69, 9.17) is 32.7 Å². The molecule has 2 heterocycles. The molecule has 0 saturated carbocycles. The molecule has 1 aromatic heterocycles. The average molecular weight is 369 g/mol. The lowest BCUT2D eigenvalue weighted by Crippen LogP contribution is -2.27. The first kappa shape index (κ1) is 16.7. The summed E-state index contributed by atoms with van der Waals surface area (Å²) in [5, 5.41) is 15.2. The highest BCUT2D eigenvalue weighted by atomic mass is 35.5. The minimum absolute atomic E-state index is 0.107. The molecular weight excluding hydrogens is 355 g/mol. The van der Waals surface area contributed by atoms with Crippen LogP contribution in [0, 0.1) is 12.1 Å². The van der Waals surface area contributed by atoms with Crippen LogP contribution in [0.4, 0.5) is 4.79 Å². The molecule has 2 aromatic rings. The number of carbonyl (C=O) groups is 1. The number of hydrogen-bond acceptors (Lipinski definition) is 4. The van der Waals surface area contributed by atoms with Crippen molar-refractivity contribution in [2.45, 2.75) is 19.6 Å². The van der Waals surface area contributed by atoms with E-state index in [9.17, 15) is 10.0 Å². The van der Waals surface area contributed by atoms with Gasteiger partial charge in [0.25, 0.3) is 0 Å². The molecule has 1 atom stereocenters. The Balaban J connectivity index is 1.63. The van der Waals surface area contributed by atoms with Gasteiger partial charge >= 0.3 is 12.0 Å². The molecule has 0 bridgehead atoms. The molecule has 1 unspecified atom stereocenters. The molecule has 1 aliphatic heterocycles. The molecule has 0 saturated heterocycles. The van der Waals surface area contributed by atoms with Gasteiger partial charge in [0, 0.05) is 22.7 Å². The van der Waals surface area contributed by atoms with Crippen LogP contribution >= 0.6 is 23.2 Å². The third-order valence-corrected chi connectivity index (χ3v) is 4.26. The zero-order valence-electron chi connectivity index (χ0n) is 12.7. The summed E-state index contributed by atoms with van der Waals surface area (Å²) in [5.41, 5.74) is 2.18. The fraction of sp³-hybridized carbons (Fsp3) is 0.250. The molecule has 126 valence electrons. The van der Waals surface area contributed by atoms with Crippen LogP contribution < -0.4 is 14.8 Å². The lowest BCUT2D eigenvalue weighted by atomic mass is 10.1. The molecule has 1 amide bonds. The second-order valence-electron chi connectivity index (χ2n) is 5.34. The van der Waals surface area contributed by atoms with Gasteiger partial charge in [0.15, 0.2) is 12.3 Å². The molecule has 0 fully saturated rings. The zero-order chi connectivity index (χ0) is 17.3. The maximum Gasteiger partial charge on any atom is 0.408 e. The maximum absolute atomic E-state index is 12.0. The van der Waals surface area contributed by atoms with E-state index in [-0.39, 0.29) is 19.0 Å². The number of benzene rings is 1. The van der Waals surface area contributed by atoms with Crippen molar-refractivity contribution in [1.82, 2.24) is 5.32 Å². The number of aromatic nitrogens is 1. The summed E-state index contributed by atoms with van der Waals surface area (Å²) in [6.07, 6.45) is 0.0819. The van der Waals surface area contributed by atoms with Crippen molar-refractivity contribution in [3.8, 4) is 5.88 Å². The standard InChI is InChI=1S/C16H14Cl2N2O4/c1-9-5-10(17)6-13(18)12(9)7-19-16(21)24-14-8-23-15-11(14)3-2-4-20(15)22/h2-6,14H,7-8H2,1H3,(H,19,21). The number of fused-ring (bicyclic) bond motifs is 1. The summed E-state index contributed by atoms with van der Waals surface area (Å²) >= 11 is 12.1. The van der Waals surface area contributed by atoms with Crippen LogP contribution in [0.1, 0.15) is 22.8 Å². The van der Waals surface area contributed by atoms with E-state index in [1.807, 2.05) is 6.92 Å². The Morgan fingerprint density at radius 3 is 3.04 bits per heavy atom. The van der Waals surface area contributed by atoms with E-state index in [0.29, 0.717) is 20.3 Å². The van der Waals surface area contributed by atoms with Gasteiger partial charge < -0.3 is 20.0 Å². The number of hydrogen-bond donors (Lipinski definition) is 1. The normalized spacial score (nSPS) is 15.5. The Morgan fingerprint density at radius 1 is 1.50 bits per heavy atom. The van der Waals surface area contributed by atoms with Gasteiger partial charge in [-0.1, -0.05) is 23.2 Å². The van der Waals surface area contributed by atoms with Crippen LogP contribution in [0.2, 0.25) is 10.0 Å². The number of alkyl carbamates (subject to hydrolysis) is 1. The van der Waals surface area contributed by atoms with E-state index >= 15 is 0 Å². The molecule has 1 aliphatic rings. The van der Waals surface area contributed by atoms with Crippen molar-refractivity contribution in [2.75, 3.05) is 6.61 Å². The maximum atomic E-state index is 12.0. The number of rotatable bonds is 3. The van der Waals surface area contributed by atoms with Gasteiger partial charge in [-0.05, 0) is 36.2 Å². The van der Waals surface area contributed by atoms with Gasteiger partial charge in [-0.15, -0.1) is 4.73 Å². The number of aryl methyl sites for hydroxylation is 1. The third-order valence-electron chi connectivity index (χ3n) is 3.70. The summed E-state index contributed by atoms with van der Waals surface area (Å²) in [4.78, 5) is 12.0. The summed E-state index contributed by atoms with van der Waals surface area (Å²) in [5.74, 6) is 0.159. The van der Waals surface area contributed by atoms with Gasteiger partial charge in [0.1, 0.15) is 12.2 Å². The van der Waals surface area contributed by atoms with Crippen LogP contribution in [0.5, 0.6) is 5.88 Å². The third kappa shape index (κ3) is 3.34. The summed E-state index contributed by atoms with van der Waals surface area (Å²) in [6, 6.07) is 6.65. The number of nitrogens with one attached hydrogen (secondary N) is 1. The minimum Gasteiger partial charge on any atom is -0.616 e. The molecule has 1 aromatic carbocycles. The van der Waals surface area contributed by atoms with Gasteiger partial charge in [-0.25, -0.2) is 4.79 Å². The van der Waals surface area contributed by atoms with Gasteiger partial charge in [-0.2, -0.15) is 0 Å². The van der Waals surface area contributed by atoms with Gasteiger partial charge in [-0.3, -0.25) is 0 Å². The lowest BCUT2D eigenvalue weighted by Gasteiger charge is -2.13. The number of halogens is 2. The lowest BCUT2D eigenvalue weighted by molar-refractivity contribution is -0.611. The molecule has 0 aliphatic carbocycles. The fourth-order valence-corrected chi connectivity index (χ4v) is 3.17. The molecule has 24 heavy (non-hydrogen) atoms. The highest BCUT2D eigenvalue weighted by Crippen LogP contribution is 2.31.